The Morgan fingerprint density at radius 3 is 2.54 bits per heavy atom. The zero-order chi connectivity index (χ0) is 26.2. The van der Waals surface area contributed by atoms with Gasteiger partial charge in [0.25, 0.3) is 0 Å². The lowest BCUT2D eigenvalue weighted by Gasteiger charge is -2.23. The van der Waals surface area contributed by atoms with E-state index < -0.39 is 23.8 Å². The molecule has 0 aliphatic carbocycles. The van der Waals surface area contributed by atoms with Gasteiger partial charge in [-0.05, 0) is 62.9 Å². The Balaban J connectivity index is 2.45. The molecule has 0 spiro atoms. The first kappa shape index (κ1) is 27.4. The summed E-state index contributed by atoms with van der Waals surface area (Å²) >= 11 is 0. The highest BCUT2D eigenvalue weighted by Gasteiger charge is 2.21. The normalized spacial score (nSPS) is 12.7. The Morgan fingerprint density at radius 1 is 1.23 bits per heavy atom. The van der Waals surface area contributed by atoms with E-state index in [0.29, 0.717) is 24.3 Å². The Morgan fingerprint density at radius 2 is 1.94 bits per heavy atom. The van der Waals surface area contributed by atoms with Gasteiger partial charge in [0, 0.05) is 36.7 Å². The van der Waals surface area contributed by atoms with Gasteiger partial charge in [0.1, 0.15) is 5.60 Å². The highest BCUT2D eigenvalue weighted by Crippen LogP contribution is 2.33. The number of pyridine rings is 1. The summed E-state index contributed by atoms with van der Waals surface area (Å²) in [4.78, 5) is 29.5. The van der Waals surface area contributed by atoms with Crippen molar-refractivity contribution in [2.45, 2.75) is 45.8 Å². The summed E-state index contributed by atoms with van der Waals surface area (Å²) in [5.41, 5.74) is 3.11. The minimum atomic E-state index is -1.05. The van der Waals surface area contributed by atoms with Crippen LogP contribution in [0.4, 0.5) is 21.0 Å². The van der Waals surface area contributed by atoms with Crippen LogP contribution in [0, 0.1) is 5.92 Å². The number of carbonyl (C=O) groups excluding carboxylic acids is 1. The third-order valence-electron chi connectivity index (χ3n) is 5.24. The minimum Gasteiger partial charge on any atom is -0.465 e. The van der Waals surface area contributed by atoms with E-state index in [2.05, 4.69) is 28.8 Å². The Hall–Kier alpha value is -3.81. The second-order valence-electron chi connectivity index (χ2n) is 9.36. The van der Waals surface area contributed by atoms with Gasteiger partial charge < -0.3 is 20.5 Å². The first-order chi connectivity index (χ1) is 16.4. The molecule has 1 heterocycles. The Labute approximate surface area is 207 Å². The molecule has 188 valence electrons. The first-order valence-electron chi connectivity index (χ1n) is 11.5. The summed E-state index contributed by atoms with van der Waals surface area (Å²) in [7, 11) is 1.50. The monoisotopic (exact) mass is 480 g/mol. The zero-order valence-corrected chi connectivity index (χ0v) is 21.2. The third kappa shape index (κ3) is 8.17. The maximum atomic E-state index is 12.4. The second kappa shape index (κ2) is 12.1. The molecule has 0 saturated carbocycles. The van der Waals surface area contributed by atoms with Crippen molar-refractivity contribution in [2.75, 3.05) is 23.8 Å². The van der Waals surface area contributed by atoms with Gasteiger partial charge in [-0.25, -0.2) is 9.59 Å². The van der Waals surface area contributed by atoms with E-state index in [4.69, 9.17) is 4.74 Å². The number of alkyl carbamates (subject to hydrolysis) is 1. The smallest absolute Gasteiger partial charge is 0.411 e. The van der Waals surface area contributed by atoms with Crippen molar-refractivity contribution in [1.29, 1.82) is 0 Å². The van der Waals surface area contributed by atoms with E-state index in [1.165, 1.54) is 7.05 Å². The molecule has 0 saturated heterocycles. The lowest BCUT2D eigenvalue weighted by Crippen LogP contribution is -2.35. The number of ether oxygens (including phenoxy) is 1. The molecule has 0 bridgehead atoms. The van der Waals surface area contributed by atoms with Gasteiger partial charge in [0.15, 0.2) is 0 Å². The molecule has 2 rings (SSSR count). The SMILES string of the molecule is C=CC[C@H](NC(=O)OC(C)(C)C)c1cc(-c2ccc(N(C)C(=O)O)cc2NC[C@H](C)C=C)ccn1. The van der Waals surface area contributed by atoms with Crippen molar-refractivity contribution in [3.8, 4) is 11.1 Å². The zero-order valence-electron chi connectivity index (χ0n) is 21.2. The molecule has 0 radical (unpaired) electrons. The molecule has 2 aromatic rings. The highest BCUT2D eigenvalue weighted by molar-refractivity contribution is 5.89. The topological polar surface area (TPSA) is 104 Å². The van der Waals surface area contributed by atoms with E-state index >= 15 is 0 Å². The van der Waals surface area contributed by atoms with E-state index in [1.807, 2.05) is 31.2 Å². The van der Waals surface area contributed by atoms with E-state index in [1.54, 1.807) is 45.2 Å². The standard InChI is InChI=1S/C27H36N4O4/c1-8-10-22(30-25(32)35-27(4,5)6)24-15-19(13-14-28-24)21-12-11-20(31(7)26(33)34)16-23(21)29-17-18(3)9-2/h8-9,11-16,18,22,29H,1-2,10,17H2,3-7H3,(H,30,32)(H,33,34)/t18-,22+/m1/s1. The number of amides is 2. The second-order valence-corrected chi connectivity index (χ2v) is 9.36. The number of carboxylic acid groups (broad SMARTS) is 1. The molecule has 0 aliphatic rings. The van der Waals surface area contributed by atoms with Crippen molar-refractivity contribution < 1.29 is 19.4 Å². The molecule has 3 N–H and O–H groups in total. The van der Waals surface area contributed by atoms with Gasteiger partial charge in [0.2, 0.25) is 0 Å². The molecule has 0 fully saturated rings. The summed E-state index contributed by atoms with van der Waals surface area (Å²) < 4.78 is 5.41. The van der Waals surface area contributed by atoms with Crippen LogP contribution in [-0.2, 0) is 4.74 Å². The van der Waals surface area contributed by atoms with Crippen LogP contribution in [0.1, 0.15) is 45.9 Å². The fraction of sp³-hybridized carbons (Fsp3) is 0.370. The molecule has 35 heavy (non-hydrogen) atoms. The van der Waals surface area contributed by atoms with Crippen LogP contribution < -0.4 is 15.5 Å². The number of nitrogens with one attached hydrogen (secondary N) is 2. The molecule has 2 atom stereocenters. The average Bonchev–Trinajstić information content (AvgIpc) is 2.80. The number of benzene rings is 1. The van der Waals surface area contributed by atoms with Crippen LogP contribution in [-0.4, -0.2) is 41.5 Å². The summed E-state index contributed by atoms with van der Waals surface area (Å²) in [5, 5.41) is 15.7. The average molecular weight is 481 g/mol. The van der Waals surface area contributed by atoms with Crippen molar-refractivity contribution in [2.24, 2.45) is 5.92 Å². The number of rotatable bonds is 10. The maximum absolute atomic E-state index is 12.4. The Bertz CT molecular complexity index is 1060. The summed E-state index contributed by atoms with van der Waals surface area (Å²) in [6, 6.07) is 8.80. The lowest BCUT2D eigenvalue weighted by atomic mass is 10.00. The number of aromatic nitrogens is 1. The van der Waals surface area contributed by atoms with Crippen LogP contribution in [0.25, 0.3) is 11.1 Å². The van der Waals surface area contributed by atoms with Crippen LogP contribution in [0.5, 0.6) is 0 Å². The Kier molecular flexibility index (Phi) is 9.45. The fourth-order valence-corrected chi connectivity index (χ4v) is 3.28. The third-order valence-corrected chi connectivity index (χ3v) is 5.24. The molecule has 8 nitrogen and oxygen atoms in total. The maximum Gasteiger partial charge on any atom is 0.411 e. The van der Waals surface area contributed by atoms with Gasteiger partial charge in [-0.2, -0.15) is 0 Å². The number of carbonyl (C=O) groups is 2. The highest BCUT2D eigenvalue weighted by atomic mass is 16.6. The molecule has 0 unspecified atom stereocenters. The van der Waals surface area contributed by atoms with E-state index in [-0.39, 0.29) is 5.92 Å². The van der Waals surface area contributed by atoms with Crippen molar-refractivity contribution in [3.63, 3.8) is 0 Å². The number of anilines is 2. The molecule has 1 aromatic heterocycles. The fourth-order valence-electron chi connectivity index (χ4n) is 3.28. The van der Waals surface area contributed by atoms with Gasteiger partial charge in [-0.3, -0.25) is 9.88 Å². The van der Waals surface area contributed by atoms with Crippen LogP contribution in [0.15, 0.2) is 61.8 Å². The number of hydrogen-bond donors (Lipinski definition) is 3. The van der Waals surface area contributed by atoms with Crippen LogP contribution >= 0.6 is 0 Å². The van der Waals surface area contributed by atoms with Crippen molar-refractivity contribution >= 4 is 23.6 Å². The summed E-state index contributed by atoms with van der Waals surface area (Å²) in [6.07, 6.45) is 4.15. The first-order valence-corrected chi connectivity index (χ1v) is 11.5. The van der Waals surface area contributed by atoms with Gasteiger partial charge >= 0.3 is 12.2 Å². The van der Waals surface area contributed by atoms with Crippen molar-refractivity contribution in [1.82, 2.24) is 10.3 Å². The number of nitrogens with zero attached hydrogens (tertiary/aromatic N) is 2. The van der Waals surface area contributed by atoms with Crippen molar-refractivity contribution in [3.05, 3.63) is 67.5 Å². The van der Waals surface area contributed by atoms with Gasteiger partial charge in [-0.15, -0.1) is 13.2 Å². The largest absolute Gasteiger partial charge is 0.465 e. The van der Waals surface area contributed by atoms with E-state index in [9.17, 15) is 14.7 Å². The van der Waals surface area contributed by atoms with Crippen LogP contribution in [0.2, 0.25) is 0 Å². The lowest BCUT2D eigenvalue weighted by molar-refractivity contribution is 0.0503. The van der Waals surface area contributed by atoms with Gasteiger partial charge in [-0.1, -0.05) is 25.1 Å². The predicted octanol–water partition coefficient (Wildman–Crippen LogP) is 6.24. The quantitative estimate of drug-likeness (QED) is 0.348. The van der Waals surface area contributed by atoms with E-state index in [0.717, 1.165) is 21.7 Å². The number of hydrogen-bond acceptors (Lipinski definition) is 5. The molecule has 1 aromatic carbocycles. The molecular formula is C27H36N4O4. The molecular weight excluding hydrogens is 444 g/mol. The van der Waals surface area contributed by atoms with Crippen LogP contribution in [0.3, 0.4) is 0 Å². The summed E-state index contributed by atoms with van der Waals surface area (Å²) in [6.45, 7) is 15.7. The molecule has 8 heteroatoms. The minimum absolute atomic E-state index is 0.215. The van der Waals surface area contributed by atoms with Gasteiger partial charge in [0.05, 0.1) is 11.7 Å². The molecule has 0 aliphatic heterocycles. The summed E-state index contributed by atoms with van der Waals surface area (Å²) in [5.74, 6) is 0.215. The predicted molar refractivity (Wildman–Crippen MR) is 141 cm³/mol. The molecule has 2 amide bonds.